The van der Waals surface area contributed by atoms with Crippen molar-refractivity contribution in [2.75, 3.05) is 13.2 Å². The van der Waals surface area contributed by atoms with Crippen LogP contribution in [0.2, 0.25) is 0 Å². The molecule has 4 rings (SSSR count). The average molecular weight is 363 g/mol. The lowest BCUT2D eigenvalue weighted by Gasteiger charge is -2.28. The number of allylic oxidation sites excluding steroid dienone is 1. The molecule has 2 aliphatic carbocycles. The van der Waals surface area contributed by atoms with Crippen molar-refractivity contribution >= 4 is 12.1 Å². The zero-order valence-electron chi connectivity index (χ0n) is 14.9. The number of carbonyl (C=O) groups excluding carboxylic acids is 1. The first-order valence-corrected chi connectivity index (χ1v) is 9.13. The molecule has 1 fully saturated rings. The molecule has 0 aromatic heterocycles. The lowest BCUT2D eigenvalue weighted by Crippen LogP contribution is -2.34. The Kier molecular flexibility index (Phi) is 4.67. The average Bonchev–Trinajstić information content (AvgIpc) is 2.95. The van der Waals surface area contributed by atoms with E-state index in [1.54, 1.807) is 0 Å². The highest BCUT2D eigenvalue weighted by Gasteiger charge is 2.29. The minimum atomic E-state index is -0.909. The van der Waals surface area contributed by atoms with E-state index < -0.39 is 12.1 Å². The van der Waals surface area contributed by atoms with Crippen LogP contribution in [0.3, 0.4) is 0 Å². The van der Waals surface area contributed by atoms with Gasteiger partial charge in [0.05, 0.1) is 0 Å². The summed E-state index contributed by atoms with van der Waals surface area (Å²) in [7, 11) is 0. The number of hydrogen-bond acceptors (Lipinski definition) is 3. The molecule has 2 aromatic rings. The van der Waals surface area contributed by atoms with Gasteiger partial charge in [-0.2, -0.15) is 0 Å². The Morgan fingerprint density at radius 3 is 2.22 bits per heavy atom. The smallest absolute Gasteiger partial charge is 0.407 e. The van der Waals surface area contributed by atoms with Gasteiger partial charge in [-0.05, 0) is 41.0 Å². The molecule has 1 saturated carbocycles. The molecule has 0 unspecified atom stereocenters. The van der Waals surface area contributed by atoms with Gasteiger partial charge in [-0.15, -0.1) is 0 Å². The number of benzene rings is 2. The maximum atomic E-state index is 12.1. The van der Waals surface area contributed by atoms with Crippen LogP contribution in [0, 0.1) is 5.92 Å². The van der Waals surface area contributed by atoms with Gasteiger partial charge in [0, 0.05) is 18.5 Å². The molecule has 5 heteroatoms. The van der Waals surface area contributed by atoms with E-state index in [2.05, 4.69) is 29.6 Å². The maximum absolute atomic E-state index is 12.1. The molecule has 0 bridgehead atoms. The zero-order valence-corrected chi connectivity index (χ0v) is 14.9. The Balaban J connectivity index is 1.32. The third-order valence-electron chi connectivity index (χ3n) is 5.31. The van der Waals surface area contributed by atoms with Crippen LogP contribution in [0.1, 0.15) is 29.9 Å². The summed E-state index contributed by atoms with van der Waals surface area (Å²) < 4.78 is 5.49. The number of nitrogens with one attached hydrogen (secondary N) is 1. The van der Waals surface area contributed by atoms with Crippen molar-refractivity contribution in [3.05, 3.63) is 71.3 Å². The summed E-state index contributed by atoms with van der Waals surface area (Å²) in [5, 5.41) is 11.5. The standard InChI is InChI=1S/C22H21NO4/c24-21(25)11-14-9-15(10-14)12-23-22(26)27-13-20-18-7-3-1-5-16(18)17-6-2-4-8-19(17)20/h1-8,11,15,20H,9-10,12-13H2,(H,23,26)(H,24,25). The SMILES string of the molecule is O=C(O)C=C1CC(CNC(=O)OCC2c3ccccc3-c3ccccc32)C1. The summed E-state index contributed by atoms with van der Waals surface area (Å²) >= 11 is 0. The van der Waals surface area contributed by atoms with Crippen LogP contribution in [0.25, 0.3) is 11.1 Å². The maximum Gasteiger partial charge on any atom is 0.407 e. The van der Waals surface area contributed by atoms with Crippen molar-refractivity contribution in [2.24, 2.45) is 5.92 Å². The first-order chi connectivity index (χ1) is 13.1. The highest BCUT2D eigenvalue weighted by Crippen LogP contribution is 2.44. The van der Waals surface area contributed by atoms with E-state index in [-0.39, 0.29) is 11.8 Å². The first-order valence-electron chi connectivity index (χ1n) is 9.13. The Morgan fingerprint density at radius 2 is 1.63 bits per heavy atom. The topological polar surface area (TPSA) is 75.6 Å². The second-order valence-electron chi connectivity index (χ2n) is 7.12. The van der Waals surface area contributed by atoms with Gasteiger partial charge < -0.3 is 15.2 Å². The number of alkyl carbamates (subject to hydrolysis) is 1. The third-order valence-corrected chi connectivity index (χ3v) is 5.31. The Morgan fingerprint density at radius 1 is 1.04 bits per heavy atom. The minimum absolute atomic E-state index is 0.0527. The van der Waals surface area contributed by atoms with E-state index in [0.29, 0.717) is 13.2 Å². The molecular formula is C22H21NO4. The fourth-order valence-electron chi connectivity index (χ4n) is 4.00. The molecule has 2 N–H and O–H groups in total. The molecule has 138 valence electrons. The number of carbonyl (C=O) groups is 2. The molecule has 1 amide bonds. The molecule has 0 aliphatic heterocycles. The van der Waals surface area contributed by atoms with E-state index in [1.165, 1.54) is 28.3 Å². The van der Waals surface area contributed by atoms with Crippen molar-refractivity contribution in [2.45, 2.75) is 18.8 Å². The van der Waals surface area contributed by atoms with E-state index in [4.69, 9.17) is 9.84 Å². The van der Waals surface area contributed by atoms with Gasteiger partial charge in [-0.3, -0.25) is 0 Å². The number of aliphatic carboxylic acids is 1. The Labute approximate surface area is 157 Å². The van der Waals surface area contributed by atoms with Gasteiger partial charge in [-0.25, -0.2) is 9.59 Å². The highest BCUT2D eigenvalue weighted by molar-refractivity contribution is 5.81. The zero-order chi connectivity index (χ0) is 18.8. The van der Waals surface area contributed by atoms with Gasteiger partial charge in [-0.1, -0.05) is 54.1 Å². The van der Waals surface area contributed by atoms with Gasteiger partial charge in [0.25, 0.3) is 0 Å². The fraction of sp³-hybridized carbons (Fsp3) is 0.273. The largest absolute Gasteiger partial charge is 0.478 e. The van der Waals surface area contributed by atoms with E-state index in [9.17, 15) is 9.59 Å². The molecule has 0 radical (unpaired) electrons. The molecule has 0 atom stereocenters. The number of amides is 1. The predicted molar refractivity (Wildman–Crippen MR) is 102 cm³/mol. The monoisotopic (exact) mass is 363 g/mol. The molecule has 0 saturated heterocycles. The van der Waals surface area contributed by atoms with Crippen LogP contribution < -0.4 is 5.32 Å². The number of carboxylic acids is 1. The summed E-state index contributed by atoms with van der Waals surface area (Å²) in [5.74, 6) is -0.569. The Bertz CT molecular complexity index is 865. The molecule has 0 spiro atoms. The van der Waals surface area contributed by atoms with Crippen molar-refractivity contribution < 1.29 is 19.4 Å². The highest BCUT2D eigenvalue weighted by atomic mass is 16.5. The number of carboxylic acid groups (broad SMARTS) is 1. The molecular weight excluding hydrogens is 342 g/mol. The normalized spacial score (nSPS) is 17.5. The third kappa shape index (κ3) is 3.58. The second kappa shape index (κ2) is 7.27. The summed E-state index contributed by atoms with van der Waals surface area (Å²) in [5.41, 5.74) is 5.70. The number of fused-ring (bicyclic) bond motifs is 3. The van der Waals surface area contributed by atoms with E-state index in [0.717, 1.165) is 18.4 Å². The van der Waals surface area contributed by atoms with Crippen LogP contribution in [-0.4, -0.2) is 30.3 Å². The van der Waals surface area contributed by atoms with Crippen molar-refractivity contribution in [3.8, 4) is 11.1 Å². The molecule has 2 aromatic carbocycles. The first kappa shape index (κ1) is 17.3. The summed E-state index contributed by atoms with van der Waals surface area (Å²) in [6, 6.07) is 16.5. The summed E-state index contributed by atoms with van der Waals surface area (Å²) in [4.78, 5) is 22.7. The molecule has 5 nitrogen and oxygen atoms in total. The summed E-state index contributed by atoms with van der Waals surface area (Å²) in [6.45, 7) is 0.808. The number of hydrogen-bond donors (Lipinski definition) is 2. The van der Waals surface area contributed by atoms with Crippen molar-refractivity contribution in [1.29, 1.82) is 0 Å². The molecule has 2 aliphatic rings. The predicted octanol–water partition coefficient (Wildman–Crippen LogP) is 3.95. The quantitative estimate of drug-likeness (QED) is 0.789. The summed E-state index contributed by atoms with van der Waals surface area (Å²) in [6.07, 6.45) is 2.27. The number of rotatable bonds is 5. The van der Waals surface area contributed by atoms with Crippen LogP contribution in [-0.2, 0) is 9.53 Å². The van der Waals surface area contributed by atoms with Gasteiger partial charge in [0.15, 0.2) is 0 Å². The van der Waals surface area contributed by atoms with Crippen LogP contribution in [0.4, 0.5) is 4.79 Å². The Hall–Kier alpha value is -3.08. The fourth-order valence-corrected chi connectivity index (χ4v) is 4.00. The molecule has 0 heterocycles. The van der Waals surface area contributed by atoms with Gasteiger partial charge in [0.2, 0.25) is 0 Å². The molecule has 27 heavy (non-hydrogen) atoms. The lowest BCUT2D eigenvalue weighted by atomic mass is 9.80. The minimum Gasteiger partial charge on any atom is -0.478 e. The van der Waals surface area contributed by atoms with Gasteiger partial charge in [0.1, 0.15) is 6.61 Å². The van der Waals surface area contributed by atoms with Gasteiger partial charge >= 0.3 is 12.1 Å². The second-order valence-corrected chi connectivity index (χ2v) is 7.12. The van der Waals surface area contributed by atoms with Crippen molar-refractivity contribution in [3.63, 3.8) is 0 Å². The van der Waals surface area contributed by atoms with Crippen LogP contribution in [0.15, 0.2) is 60.2 Å². The van der Waals surface area contributed by atoms with Crippen LogP contribution >= 0.6 is 0 Å². The van der Waals surface area contributed by atoms with E-state index >= 15 is 0 Å². The van der Waals surface area contributed by atoms with Crippen LogP contribution in [0.5, 0.6) is 0 Å². The lowest BCUT2D eigenvalue weighted by molar-refractivity contribution is -0.131. The van der Waals surface area contributed by atoms with E-state index in [1.807, 2.05) is 24.3 Å². The number of ether oxygens (including phenoxy) is 1. The van der Waals surface area contributed by atoms with Crippen molar-refractivity contribution in [1.82, 2.24) is 5.32 Å².